The normalized spacial score (nSPS) is 16.9. The van der Waals surface area contributed by atoms with Crippen LogP contribution in [0, 0.1) is 0 Å². The highest BCUT2D eigenvalue weighted by Gasteiger charge is 2.34. The Kier molecular flexibility index (Phi) is 11.7. The van der Waals surface area contributed by atoms with Crippen molar-refractivity contribution in [3.8, 4) is 22.8 Å². The van der Waals surface area contributed by atoms with E-state index in [0.29, 0.717) is 32.9 Å². The third-order valence-electron chi connectivity index (χ3n) is 9.70. The Hall–Kier alpha value is -5.32. The number of methoxy groups -OCH3 is 1. The summed E-state index contributed by atoms with van der Waals surface area (Å²) in [6, 6.07) is 32.6. The van der Waals surface area contributed by atoms with Crippen LogP contribution in [-0.4, -0.2) is 73.6 Å². The number of aromatic amines is 1. The molecule has 2 unspecified atom stereocenters. The van der Waals surface area contributed by atoms with Crippen molar-refractivity contribution >= 4 is 11.8 Å². The molecule has 5 aromatic rings. The summed E-state index contributed by atoms with van der Waals surface area (Å²) in [6.45, 7) is 5.24. The smallest absolute Gasteiger partial charge is 0.410 e. The number of carbonyl (C=O) groups is 1. The van der Waals surface area contributed by atoms with E-state index in [1.54, 1.807) is 24.5 Å². The zero-order chi connectivity index (χ0) is 35.5. The van der Waals surface area contributed by atoms with Crippen LogP contribution >= 0.6 is 0 Å². The Balaban J connectivity index is 1.03. The number of amides is 1. The number of nitrogens with zero attached hydrogens (tertiary/aromatic N) is 3. The number of rotatable bonds is 14. The average Bonchev–Trinajstić information content (AvgIpc) is 3.75. The maximum atomic E-state index is 13.3. The lowest BCUT2D eigenvalue weighted by Gasteiger charge is -2.38. The first-order valence-corrected chi connectivity index (χ1v) is 18.0. The van der Waals surface area contributed by atoms with Crippen LogP contribution in [-0.2, 0) is 34.0 Å². The van der Waals surface area contributed by atoms with Crippen molar-refractivity contribution < 1.29 is 28.5 Å². The lowest BCUT2D eigenvalue weighted by atomic mass is 9.86. The predicted molar refractivity (Wildman–Crippen MR) is 200 cm³/mol. The summed E-state index contributed by atoms with van der Waals surface area (Å²) in [4.78, 5) is 24.7. The van der Waals surface area contributed by atoms with Crippen LogP contribution in [0.1, 0.15) is 41.0 Å². The number of carbonyl (C=O) groups excluding carboxylic acids is 1. The van der Waals surface area contributed by atoms with Gasteiger partial charge in [0.05, 0.1) is 49.7 Å². The predicted octanol–water partition coefficient (Wildman–Crippen LogP) is 7.60. The number of hydrogen-bond acceptors (Lipinski definition) is 8. The number of anilines is 1. The molecule has 10 heteroatoms. The van der Waals surface area contributed by atoms with Crippen molar-refractivity contribution in [2.24, 2.45) is 0 Å². The van der Waals surface area contributed by atoms with E-state index >= 15 is 0 Å². The molecule has 7 rings (SSSR count). The Morgan fingerprint density at radius 3 is 2.58 bits per heavy atom. The first kappa shape index (κ1) is 35.1. The Morgan fingerprint density at radius 1 is 0.904 bits per heavy atom. The molecule has 0 aliphatic carbocycles. The van der Waals surface area contributed by atoms with Gasteiger partial charge in [0.15, 0.2) is 0 Å². The van der Waals surface area contributed by atoms with Crippen LogP contribution in [0.25, 0.3) is 11.3 Å². The summed E-state index contributed by atoms with van der Waals surface area (Å²) in [5, 5.41) is 0. The number of piperidine rings is 1. The monoisotopic (exact) mass is 702 g/mol. The van der Waals surface area contributed by atoms with Gasteiger partial charge in [-0.15, -0.1) is 0 Å². The Morgan fingerprint density at radius 2 is 1.75 bits per heavy atom. The van der Waals surface area contributed by atoms with E-state index in [1.165, 1.54) is 5.56 Å². The van der Waals surface area contributed by atoms with Gasteiger partial charge in [-0.05, 0) is 59.4 Å². The average molecular weight is 703 g/mol. The molecule has 1 saturated heterocycles. The fourth-order valence-corrected chi connectivity index (χ4v) is 6.88. The number of fused-ring (bicyclic) bond motifs is 1. The van der Waals surface area contributed by atoms with E-state index in [0.717, 1.165) is 77.7 Å². The van der Waals surface area contributed by atoms with E-state index in [9.17, 15) is 4.79 Å². The van der Waals surface area contributed by atoms with Crippen molar-refractivity contribution in [1.29, 1.82) is 0 Å². The molecule has 52 heavy (non-hydrogen) atoms. The molecular formula is C42H46N4O6. The highest BCUT2D eigenvalue weighted by Crippen LogP contribution is 2.35. The summed E-state index contributed by atoms with van der Waals surface area (Å²) in [5.74, 6) is 1.79. The minimum absolute atomic E-state index is 0.103. The van der Waals surface area contributed by atoms with Gasteiger partial charge in [-0.3, -0.25) is 0 Å². The number of hydrogen-bond donors (Lipinski definition) is 1. The second-order valence-electron chi connectivity index (χ2n) is 13.2. The highest BCUT2D eigenvalue weighted by atomic mass is 16.6. The Bertz CT molecular complexity index is 1870. The quantitative estimate of drug-likeness (QED) is 0.118. The first-order valence-electron chi connectivity index (χ1n) is 18.0. The van der Waals surface area contributed by atoms with Gasteiger partial charge >= 0.3 is 6.09 Å². The molecule has 1 amide bonds. The van der Waals surface area contributed by atoms with E-state index in [4.69, 9.17) is 23.7 Å². The summed E-state index contributed by atoms with van der Waals surface area (Å²) in [7, 11) is 1.74. The minimum Gasteiger partial charge on any atom is -0.490 e. The fraction of sp³-hybridized carbons (Fsp3) is 0.333. The largest absolute Gasteiger partial charge is 0.490 e. The lowest BCUT2D eigenvalue weighted by molar-refractivity contribution is -0.0246. The summed E-state index contributed by atoms with van der Waals surface area (Å²) < 4.78 is 29.9. The summed E-state index contributed by atoms with van der Waals surface area (Å²) in [5.41, 5.74) is 7.32. The van der Waals surface area contributed by atoms with Crippen LogP contribution in [0.5, 0.6) is 11.5 Å². The van der Waals surface area contributed by atoms with Gasteiger partial charge in [-0.25, -0.2) is 9.78 Å². The lowest BCUT2D eigenvalue weighted by Crippen LogP contribution is -2.47. The molecule has 10 nitrogen and oxygen atoms in total. The number of imidazole rings is 1. The third-order valence-corrected chi connectivity index (χ3v) is 9.70. The number of benzene rings is 4. The van der Waals surface area contributed by atoms with Gasteiger partial charge in [0.25, 0.3) is 0 Å². The van der Waals surface area contributed by atoms with Crippen molar-refractivity contribution in [1.82, 2.24) is 14.9 Å². The fourth-order valence-electron chi connectivity index (χ4n) is 6.88. The minimum atomic E-state index is -0.322. The van der Waals surface area contributed by atoms with Crippen molar-refractivity contribution in [2.45, 2.75) is 44.7 Å². The van der Waals surface area contributed by atoms with Crippen molar-refractivity contribution in [3.63, 3.8) is 0 Å². The highest BCUT2D eigenvalue weighted by molar-refractivity contribution is 5.68. The molecule has 1 N–H and O–H groups in total. The number of H-pyrrole nitrogens is 1. The van der Waals surface area contributed by atoms with Gasteiger partial charge in [-0.1, -0.05) is 72.8 Å². The number of likely N-dealkylation sites (tertiary alicyclic amines) is 1. The standard InChI is InChI=1S/C42H46N4O6/c1-48-21-6-18-45-20-22-49-40-16-13-33(23-39(40)45)29-51-41-26-46(42(47)52-28-31-7-3-2-4-8-31)19-17-37(41)34-14-11-32(12-15-34)27-50-36-10-5-9-35(24-36)38-25-43-30-44-38/h2-5,7-16,23-25,30,37,41H,6,17-22,26-29H2,1H3,(H,43,44). The van der Waals surface area contributed by atoms with Gasteiger partial charge in [0, 0.05) is 38.3 Å². The molecule has 0 bridgehead atoms. The molecule has 270 valence electrons. The molecule has 1 aromatic heterocycles. The number of aromatic nitrogens is 2. The van der Waals surface area contributed by atoms with E-state index in [-0.39, 0.29) is 24.7 Å². The third kappa shape index (κ3) is 8.93. The van der Waals surface area contributed by atoms with E-state index in [1.807, 2.05) is 60.7 Å². The van der Waals surface area contributed by atoms with Crippen LogP contribution in [0.2, 0.25) is 0 Å². The molecule has 3 heterocycles. The molecule has 0 saturated carbocycles. The second-order valence-corrected chi connectivity index (χ2v) is 13.2. The topological polar surface area (TPSA) is 98.4 Å². The first-order chi connectivity index (χ1) is 25.6. The number of ether oxygens (including phenoxy) is 5. The zero-order valence-electron chi connectivity index (χ0n) is 29.6. The van der Waals surface area contributed by atoms with Crippen molar-refractivity contribution in [3.05, 3.63) is 132 Å². The van der Waals surface area contributed by atoms with Crippen molar-refractivity contribution in [2.75, 3.05) is 51.4 Å². The Labute approximate surface area is 305 Å². The molecule has 0 radical (unpaired) electrons. The van der Waals surface area contributed by atoms with Gasteiger partial charge in [-0.2, -0.15) is 0 Å². The van der Waals surface area contributed by atoms with Crippen LogP contribution in [0.4, 0.5) is 10.5 Å². The zero-order valence-corrected chi connectivity index (χ0v) is 29.6. The molecule has 0 spiro atoms. The summed E-state index contributed by atoms with van der Waals surface area (Å²) >= 11 is 0. The van der Waals surface area contributed by atoms with Crippen LogP contribution < -0.4 is 14.4 Å². The van der Waals surface area contributed by atoms with Crippen LogP contribution in [0.3, 0.4) is 0 Å². The second kappa shape index (κ2) is 17.3. The molecule has 1 fully saturated rings. The van der Waals surface area contributed by atoms with Gasteiger partial charge in [0.2, 0.25) is 0 Å². The van der Waals surface area contributed by atoms with Crippen LogP contribution in [0.15, 0.2) is 110 Å². The SMILES string of the molecule is COCCCN1CCOc2ccc(COC3CN(C(=O)OCc4ccccc4)CCC3c3ccc(COc4cccc(-c5cnc[nH]5)c4)cc3)cc21. The molecule has 2 atom stereocenters. The summed E-state index contributed by atoms with van der Waals surface area (Å²) in [6.07, 6.45) is 4.62. The van der Waals surface area contributed by atoms with Gasteiger partial charge in [0.1, 0.15) is 31.3 Å². The molecule has 4 aromatic carbocycles. The molecule has 2 aliphatic rings. The molecular weight excluding hydrogens is 656 g/mol. The number of nitrogens with one attached hydrogen (secondary N) is 1. The maximum absolute atomic E-state index is 13.3. The molecule has 2 aliphatic heterocycles. The van der Waals surface area contributed by atoms with E-state index in [2.05, 4.69) is 51.3 Å². The van der Waals surface area contributed by atoms with Gasteiger partial charge < -0.3 is 38.5 Å². The maximum Gasteiger partial charge on any atom is 0.410 e. The van der Waals surface area contributed by atoms with E-state index < -0.39 is 0 Å².